The molecular weight excluding hydrogens is 180 g/mol. The summed E-state index contributed by atoms with van der Waals surface area (Å²) >= 11 is 0. The van der Waals surface area contributed by atoms with E-state index in [0.717, 1.165) is 11.8 Å². The van der Waals surface area contributed by atoms with Crippen LogP contribution in [-0.2, 0) is 0 Å². The van der Waals surface area contributed by atoms with E-state index in [1.807, 2.05) is 0 Å². The first-order valence-electron chi connectivity index (χ1n) is 7.13. The van der Waals surface area contributed by atoms with Crippen LogP contribution in [0.4, 0.5) is 0 Å². The molecule has 0 nitrogen and oxygen atoms in total. The predicted molar refractivity (Wildman–Crippen MR) is 70.9 cm³/mol. The second-order valence-electron chi connectivity index (χ2n) is 4.87. The summed E-state index contributed by atoms with van der Waals surface area (Å²) in [7, 11) is 0. The Morgan fingerprint density at radius 2 is 0.867 bits per heavy atom. The lowest BCUT2D eigenvalue weighted by Gasteiger charge is -2.22. The Labute approximate surface area is 97.8 Å². The molecule has 0 heterocycles. The van der Waals surface area contributed by atoms with Gasteiger partial charge in [0.1, 0.15) is 0 Å². The highest BCUT2D eigenvalue weighted by Gasteiger charge is 2.14. The molecular formula is C15H31. The third-order valence-electron chi connectivity index (χ3n) is 3.18. The number of hydrogen-bond acceptors (Lipinski definition) is 0. The second-order valence-corrected chi connectivity index (χ2v) is 4.87. The van der Waals surface area contributed by atoms with Gasteiger partial charge in [-0.05, 0) is 18.3 Å². The van der Waals surface area contributed by atoms with Crippen molar-refractivity contribution in [1.82, 2.24) is 0 Å². The van der Waals surface area contributed by atoms with E-state index in [2.05, 4.69) is 34.1 Å². The van der Waals surface area contributed by atoms with Crippen molar-refractivity contribution in [2.75, 3.05) is 0 Å². The molecule has 0 aliphatic rings. The van der Waals surface area contributed by atoms with E-state index in [-0.39, 0.29) is 0 Å². The molecule has 91 valence electrons. The highest BCUT2D eigenvalue weighted by Crippen LogP contribution is 2.26. The molecule has 0 unspecified atom stereocenters. The quantitative estimate of drug-likeness (QED) is 0.440. The van der Waals surface area contributed by atoms with Crippen LogP contribution in [0.1, 0.15) is 79.1 Å². The Hall–Kier alpha value is 0. The zero-order chi connectivity index (χ0) is 11.5. The third kappa shape index (κ3) is 7.88. The van der Waals surface area contributed by atoms with E-state index < -0.39 is 0 Å². The van der Waals surface area contributed by atoms with Crippen molar-refractivity contribution in [1.29, 1.82) is 0 Å². The Morgan fingerprint density at radius 3 is 1.07 bits per heavy atom. The lowest BCUT2D eigenvalue weighted by molar-refractivity contribution is 0.396. The van der Waals surface area contributed by atoms with E-state index >= 15 is 0 Å². The van der Waals surface area contributed by atoms with Gasteiger partial charge in [-0.25, -0.2) is 0 Å². The van der Waals surface area contributed by atoms with Crippen LogP contribution in [0.25, 0.3) is 0 Å². The van der Waals surface area contributed by atoms with Crippen molar-refractivity contribution >= 4 is 0 Å². The van der Waals surface area contributed by atoms with Crippen LogP contribution in [0.5, 0.6) is 0 Å². The summed E-state index contributed by atoms with van der Waals surface area (Å²) in [6, 6.07) is 0. The molecule has 0 rings (SSSR count). The van der Waals surface area contributed by atoms with E-state index in [1.165, 1.54) is 51.4 Å². The number of hydrogen-bond donors (Lipinski definition) is 0. The molecule has 0 aromatic rings. The molecule has 0 amide bonds. The minimum atomic E-state index is 0.892. The number of rotatable bonds is 10. The zero-order valence-electron chi connectivity index (χ0n) is 11.4. The van der Waals surface area contributed by atoms with Gasteiger partial charge in [0, 0.05) is 0 Å². The van der Waals surface area contributed by atoms with Gasteiger partial charge in [-0.3, -0.25) is 0 Å². The van der Waals surface area contributed by atoms with Gasteiger partial charge in [-0.15, -0.1) is 0 Å². The SMILES string of the molecule is CCCC([CH]C(CCC)CCC)CCC. The molecule has 0 N–H and O–H groups in total. The minimum absolute atomic E-state index is 0.892. The molecule has 0 fully saturated rings. The minimum Gasteiger partial charge on any atom is -0.0654 e. The molecule has 1 radical (unpaired) electrons. The highest BCUT2D eigenvalue weighted by atomic mass is 14.2. The van der Waals surface area contributed by atoms with Crippen molar-refractivity contribution < 1.29 is 0 Å². The van der Waals surface area contributed by atoms with Crippen LogP contribution in [0.3, 0.4) is 0 Å². The van der Waals surface area contributed by atoms with Crippen LogP contribution < -0.4 is 0 Å². The molecule has 0 saturated carbocycles. The summed E-state index contributed by atoms with van der Waals surface area (Å²) in [4.78, 5) is 0. The predicted octanol–water partition coefficient (Wildman–Crippen LogP) is 5.62. The summed E-state index contributed by atoms with van der Waals surface area (Å²) in [5.74, 6) is 1.78. The van der Waals surface area contributed by atoms with Gasteiger partial charge < -0.3 is 0 Å². The topological polar surface area (TPSA) is 0 Å². The van der Waals surface area contributed by atoms with Gasteiger partial charge in [0.25, 0.3) is 0 Å². The smallest absolute Gasteiger partial charge is 0.0324 e. The molecule has 0 bridgehead atoms. The molecule has 0 aliphatic heterocycles. The molecule has 0 heteroatoms. The standard InChI is InChI=1S/C15H31/c1-5-9-14(10-6-2)13-15(11-7-3)12-8-4/h13-15H,5-12H2,1-4H3. The third-order valence-corrected chi connectivity index (χ3v) is 3.18. The van der Waals surface area contributed by atoms with Gasteiger partial charge >= 0.3 is 0 Å². The fraction of sp³-hybridized carbons (Fsp3) is 0.933. The monoisotopic (exact) mass is 211 g/mol. The van der Waals surface area contributed by atoms with Gasteiger partial charge in [0.2, 0.25) is 0 Å². The molecule has 0 atom stereocenters. The van der Waals surface area contributed by atoms with Crippen molar-refractivity contribution in [3.05, 3.63) is 6.42 Å². The Balaban J connectivity index is 3.93. The molecule has 0 aliphatic carbocycles. The van der Waals surface area contributed by atoms with Crippen molar-refractivity contribution in [3.63, 3.8) is 0 Å². The Bertz CT molecular complexity index is 91.2. The zero-order valence-corrected chi connectivity index (χ0v) is 11.4. The molecule has 0 aromatic carbocycles. The maximum Gasteiger partial charge on any atom is -0.0324 e. The van der Waals surface area contributed by atoms with Crippen LogP contribution in [-0.4, -0.2) is 0 Å². The fourth-order valence-electron chi connectivity index (χ4n) is 2.54. The lowest BCUT2D eigenvalue weighted by Crippen LogP contribution is -2.10. The van der Waals surface area contributed by atoms with Gasteiger partial charge in [0.15, 0.2) is 0 Å². The molecule has 0 spiro atoms. The van der Waals surface area contributed by atoms with Gasteiger partial charge in [0.05, 0.1) is 0 Å². The summed E-state index contributed by atoms with van der Waals surface area (Å²) in [6.07, 6.45) is 13.6. The maximum atomic E-state index is 2.68. The van der Waals surface area contributed by atoms with E-state index in [4.69, 9.17) is 0 Å². The average Bonchev–Trinajstić information content (AvgIpc) is 2.19. The van der Waals surface area contributed by atoms with Crippen molar-refractivity contribution in [3.8, 4) is 0 Å². The molecule has 0 saturated heterocycles. The first-order chi connectivity index (χ1) is 7.28. The average molecular weight is 211 g/mol. The van der Waals surface area contributed by atoms with Crippen LogP contribution in [0.15, 0.2) is 0 Å². The summed E-state index contributed by atoms with van der Waals surface area (Å²) in [6.45, 7) is 9.24. The molecule has 15 heavy (non-hydrogen) atoms. The lowest BCUT2D eigenvalue weighted by atomic mass is 9.84. The van der Waals surface area contributed by atoms with Gasteiger partial charge in [-0.2, -0.15) is 0 Å². The molecule has 0 aromatic heterocycles. The first kappa shape index (κ1) is 15.0. The highest BCUT2D eigenvalue weighted by molar-refractivity contribution is 4.83. The van der Waals surface area contributed by atoms with Crippen molar-refractivity contribution in [2.24, 2.45) is 11.8 Å². The normalized spacial score (nSPS) is 11.6. The van der Waals surface area contributed by atoms with E-state index in [0.29, 0.717) is 0 Å². The second kappa shape index (κ2) is 10.5. The maximum absolute atomic E-state index is 2.68. The van der Waals surface area contributed by atoms with E-state index in [9.17, 15) is 0 Å². The van der Waals surface area contributed by atoms with Crippen molar-refractivity contribution in [2.45, 2.75) is 79.1 Å². The first-order valence-corrected chi connectivity index (χ1v) is 7.13. The largest absolute Gasteiger partial charge is 0.0654 e. The summed E-state index contributed by atoms with van der Waals surface area (Å²) in [5.41, 5.74) is 0. The van der Waals surface area contributed by atoms with Crippen LogP contribution in [0.2, 0.25) is 0 Å². The van der Waals surface area contributed by atoms with Gasteiger partial charge in [-0.1, -0.05) is 79.1 Å². The summed E-state index contributed by atoms with van der Waals surface area (Å²) in [5, 5.41) is 0. The Morgan fingerprint density at radius 1 is 0.600 bits per heavy atom. The van der Waals surface area contributed by atoms with Crippen LogP contribution >= 0.6 is 0 Å². The van der Waals surface area contributed by atoms with E-state index in [1.54, 1.807) is 0 Å². The Kier molecular flexibility index (Phi) is 10.5. The fourth-order valence-corrected chi connectivity index (χ4v) is 2.54. The van der Waals surface area contributed by atoms with Crippen LogP contribution in [0, 0.1) is 18.3 Å². The summed E-state index contributed by atoms with van der Waals surface area (Å²) < 4.78 is 0.